The van der Waals surface area contributed by atoms with E-state index in [2.05, 4.69) is 15.9 Å². The fourth-order valence-corrected chi connectivity index (χ4v) is 3.86. The second kappa shape index (κ2) is 7.47. The molecule has 2 heterocycles. The van der Waals surface area contributed by atoms with Gasteiger partial charge in [-0.1, -0.05) is 0 Å². The summed E-state index contributed by atoms with van der Waals surface area (Å²) in [5.41, 5.74) is 2.47. The van der Waals surface area contributed by atoms with E-state index in [0.29, 0.717) is 31.7 Å². The summed E-state index contributed by atoms with van der Waals surface area (Å²) < 4.78 is 13.1. The molecule has 0 aliphatic carbocycles. The highest BCUT2D eigenvalue weighted by atomic mass is 19.1. The number of carbonyl (C=O) groups is 1. The first-order chi connectivity index (χ1) is 13.1. The van der Waals surface area contributed by atoms with Gasteiger partial charge in [-0.2, -0.15) is 0 Å². The third-order valence-corrected chi connectivity index (χ3v) is 5.43. The monoisotopic (exact) mass is 369 g/mol. The van der Waals surface area contributed by atoms with Crippen molar-refractivity contribution < 1.29 is 14.3 Å². The van der Waals surface area contributed by atoms with Crippen LogP contribution in [-0.4, -0.2) is 55.2 Å². The first-order valence-corrected chi connectivity index (χ1v) is 9.49. The van der Waals surface area contributed by atoms with Gasteiger partial charge in [0.2, 0.25) is 0 Å². The van der Waals surface area contributed by atoms with E-state index in [9.17, 15) is 14.3 Å². The number of nitrogens with zero attached hydrogens (tertiary/aromatic N) is 3. The Balaban J connectivity index is 1.43. The summed E-state index contributed by atoms with van der Waals surface area (Å²) in [5, 5.41) is 10.3. The van der Waals surface area contributed by atoms with Crippen LogP contribution in [0, 0.1) is 5.82 Å². The van der Waals surface area contributed by atoms with E-state index in [1.54, 1.807) is 11.0 Å². The van der Waals surface area contributed by atoms with Gasteiger partial charge in [0.25, 0.3) is 5.91 Å². The number of hydrogen-bond acceptors (Lipinski definition) is 4. The number of rotatable bonds is 3. The number of hydrogen-bond donors (Lipinski definition) is 1. The van der Waals surface area contributed by atoms with Gasteiger partial charge in [-0.25, -0.2) is 4.39 Å². The molecule has 1 amide bonds. The molecule has 0 radical (unpaired) electrons. The van der Waals surface area contributed by atoms with E-state index in [1.165, 1.54) is 37.1 Å². The zero-order valence-electron chi connectivity index (χ0n) is 15.3. The van der Waals surface area contributed by atoms with Crippen LogP contribution < -0.4 is 9.80 Å². The molecule has 2 fully saturated rings. The Morgan fingerprint density at radius 1 is 0.852 bits per heavy atom. The van der Waals surface area contributed by atoms with Gasteiger partial charge in [-0.05, 0) is 55.3 Å². The Kier molecular flexibility index (Phi) is 4.88. The summed E-state index contributed by atoms with van der Waals surface area (Å²) in [5.74, 6) is -0.148. The second-order valence-electron chi connectivity index (χ2n) is 7.15. The molecular formula is C21H24FN3O2. The molecule has 6 heteroatoms. The summed E-state index contributed by atoms with van der Waals surface area (Å²) in [6, 6.07) is 11.5. The molecule has 0 bridgehead atoms. The lowest BCUT2D eigenvalue weighted by molar-refractivity contribution is 0.0746. The van der Waals surface area contributed by atoms with Crippen LogP contribution in [0.15, 0.2) is 42.5 Å². The minimum atomic E-state index is -0.343. The molecule has 2 aliphatic heterocycles. The maximum Gasteiger partial charge on any atom is 0.253 e. The van der Waals surface area contributed by atoms with Gasteiger partial charge < -0.3 is 19.8 Å². The fourth-order valence-electron chi connectivity index (χ4n) is 3.86. The maximum atomic E-state index is 13.1. The van der Waals surface area contributed by atoms with Crippen LogP contribution in [-0.2, 0) is 0 Å². The molecule has 4 rings (SSSR count). The first-order valence-electron chi connectivity index (χ1n) is 9.49. The van der Waals surface area contributed by atoms with Crippen molar-refractivity contribution in [2.75, 3.05) is 49.1 Å². The van der Waals surface area contributed by atoms with Crippen LogP contribution in [0.4, 0.5) is 15.8 Å². The van der Waals surface area contributed by atoms with E-state index >= 15 is 0 Å². The molecule has 2 aromatic carbocycles. The fraction of sp³-hybridized carbons (Fsp3) is 0.381. The van der Waals surface area contributed by atoms with Crippen LogP contribution >= 0.6 is 0 Å². The molecule has 2 aliphatic rings. The number of halogens is 1. The normalized spacial score (nSPS) is 17.4. The average molecular weight is 369 g/mol. The molecule has 0 aromatic heterocycles. The van der Waals surface area contributed by atoms with Crippen LogP contribution in [0.5, 0.6) is 5.75 Å². The lowest BCUT2D eigenvalue weighted by Crippen LogP contribution is -2.48. The van der Waals surface area contributed by atoms with Gasteiger partial charge in [-0.15, -0.1) is 0 Å². The number of anilines is 2. The number of piperazine rings is 1. The van der Waals surface area contributed by atoms with Crippen molar-refractivity contribution in [1.29, 1.82) is 0 Å². The minimum Gasteiger partial charge on any atom is -0.506 e. The van der Waals surface area contributed by atoms with Gasteiger partial charge in [0.05, 0.1) is 5.69 Å². The molecule has 0 atom stereocenters. The van der Waals surface area contributed by atoms with E-state index < -0.39 is 0 Å². The zero-order valence-corrected chi connectivity index (χ0v) is 15.3. The lowest BCUT2D eigenvalue weighted by atomic mass is 10.1. The van der Waals surface area contributed by atoms with Crippen molar-refractivity contribution in [3.8, 4) is 5.75 Å². The average Bonchev–Trinajstić information content (AvgIpc) is 3.23. The zero-order chi connectivity index (χ0) is 18.8. The number of benzene rings is 2. The van der Waals surface area contributed by atoms with E-state index in [0.717, 1.165) is 24.5 Å². The maximum absolute atomic E-state index is 13.1. The highest BCUT2D eigenvalue weighted by molar-refractivity contribution is 5.94. The van der Waals surface area contributed by atoms with Gasteiger partial charge >= 0.3 is 0 Å². The van der Waals surface area contributed by atoms with E-state index in [1.807, 2.05) is 6.07 Å². The van der Waals surface area contributed by atoms with Crippen LogP contribution in [0.1, 0.15) is 23.2 Å². The molecule has 27 heavy (non-hydrogen) atoms. The number of aromatic hydroxyl groups is 1. The third kappa shape index (κ3) is 3.70. The number of phenols is 1. The van der Waals surface area contributed by atoms with Crippen molar-refractivity contribution in [2.24, 2.45) is 0 Å². The molecule has 0 saturated carbocycles. The Morgan fingerprint density at radius 3 is 2.19 bits per heavy atom. The van der Waals surface area contributed by atoms with E-state index in [-0.39, 0.29) is 17.5 Å². The van der Waals surface area contributed by atoms with Gasteiger partial charge in [0.15, 0.2) is 0 Å². The van der Waals surface area contributed by atoms with Crippen molar-refractivity contribution in [2.45, 2.75) is 12.8 Å². The molecule has 1 N–H and O–H groups in total. The smallest absolute Gasteiger partial charge is 0.253 e. The predicted octanol–water partition coefficient (Wildman–Crippen LogP) is 3.09. The number of carbonyl (C=O) groups excluding carboxylic acids is 1. The summed E-state index contributed by atoms with van der Waals surface area (Å²) in [7, 11) is 0. The van der Waals surface area contributed by atoms with Gasteiger partial charge in [0.1, 0.15) is 11.6 Å². The number of amides is 1. The highest BCUT2D eigenvalue weighted by Gasteiger charge is 2.24. The van der Waals surface area contributed by atoms with Crippen molar-refractivity contribution in [3.05, 3.63) is 53.8 Å². The Morgan fingerprint density at radius 2 is 1.52 bits per heavy atom. The standard InChI is InChI=1S/C21H24FN3O2/c22-17-5-3-16(4-6-17)21(27)25-13-11-24(12-14-25)19-15-18(7-8-20(19)26)23-9-1-2-10-23/h3-8,15,26H,1-2,9-14H2. The predicted molar refractivity (Wildman–Crippen MR) is 104 cm³/mol. The largest absolute Gasteiger partial charge is 0.506 e. The van der Waals surface area contributed by atoms with Crippen molar-refractivity contribution >= 4 is 17.3 Å². The van der Waals surface area contributed by atoms with Crippen LogP contribution in [0.25, 0.3) is 0 Å². The Hall–Kier alpha value is -2.76. The van der Waals surface area contributed by atoms with Crippen LogP contribution in [0.2, 0.25) is 0 Å². The first kappa shape index (κ1) is 17.6. The molecule has 142 valence electrons. The molecule has 0 spiro atoms. The van der Waals surface area contributed by atoms with Crippen LogP contribution in [0.3, 0.4) is 0 Å². The summed E-state index contributed by atoms with van der Waals surface area (Å²) in [6.07, 6.45) is 2.42. The molecular weight excluding hydrogens is 345 g/mol. The second-order valence-corrected chi connectivity index (χ2v) is 7.15. The van der Waals surface area contributed by atoms with E-state index in [4.69, 9.17) is 0 Å². The van der Waals surface area contributed by atoms with Gasteiger partial charge in [-0.3, -0.25) is 4.79 Å². The Bertz CT molecular complexity index is 811. The molecule has 0 unspecified atom stereocenters. The SMILES string of the molecule is O=C(c1ccc(F)cc1)N1CCN(c2cc(N3CCCC3)ccc2O)CC1. The summed E-state index contributed by atoms with van der Waals surface area (Å²) in [4.78, 5) is 18.8. The summed E-state index contributed by atoms with van der Waals surface area (Å²) >= 11 is 0. The molecule has 2 saturated heterocycles. The van der Waals surface area contributed by atoms with Crippen molar-refractivity contribution in [1.82, 2.24) is 4.90 Å². The highest BCUT2D eigenvalue weighted by Crippen LogP contribution is 2.33. The Labute approximate surface area is 158 Å². The summed E-state index contributed by atoms with van der Waals surface area (Å²) in [6.45, 7) is 4.58. The third-order valence-electron chi connectivity index (χ3n) is 5.43. The quantitative estimate of drug-likeness (QED) is 0.903. The molecule has 2 aromatic rings. The topological polar surface area (TPSA) is 47.0 Å². The number of phenolic OH excluding ortho intramolecular Hbond substituents is 1. The van der Waals surface area contributed by atoms with Crippen molar-refractivity contribution in [3.63, 3.8) is 0 Å². The minimum absolute atomic E-state index is 0.0790. The molecule has 5 nitrogen and oxygen atoms in total. The lowest BCUT2D eigenvalue weighted by Gasteiger charge is -2.36. The van der Waals surface area contributed by atoms with Gasteiger partial charge in [0, 0.05) is 50.5 Å².